The van der Waals surface area contributed by atoms with Gasteiger partial charge in [0.2, 0.25) is 0 Å². The van der Waals surface area contributed by atoms with Gasteiger partial charge < -0.3 is 10.1 Å². The van der Waals surface area contributed by atoms with Crippen molar-refractivity contribution in [1.82, 2.24) is 0 Å². The molecule has 0 heterocycles. The normalized spacial score (nSPS) is 11.2. The summed E-state index contributed by atoms with van der Waals surface area (Å²) >= 11 is 8.36. The molecule has 0 saturated heterocycles. The van der Waals surface area contributed by atoms with Gasteiger partial charge in [0.25, 0.3) is 0 Å². The Hall–Kier alpha value is -1.45. The first kappa shape index (κ1) is 14.6. The second kappa shape index (κ2) is 7.09. The molecule has 0 amide bonds. The maximum atomic E-state index is 11.5. The molecule has 0 radical (unpaired) electrons. The number of carbonyl (C=O) groups is 1. The minimum absolute atomic E-state index is 0.133. The van der Waals surface area contributed by atoms with Crippen molar-refractivity contribution >= 4 is 44.8 Å². The largest absolute Gasteiger partial charge is 0.465 e. The number of carbonyl (C=O) groups excluding carboxylic acids is 1. The van der Waals surface area contributed by atoms with Crippen LogP contribution < -0.4 is 5.32 Å². The van der Waals surface area contributed by atoms with Crippen molar-refractivity contribution in [3.05, 3.63) is 28.7 Å². The molecular formula is C12H11BrN2O2S. The van der Waals surface area contributed by atoms with E-state index in [0.29, 0.717) is 5.69 Å². The third kappa shape index (κ3) is 4.09. The molecule has 1 unspecified atom stereocenters. The Kier molecular flexibility index (Phi) is 5.75. The molecule has 0 aliphatic rings. The lowest BCUT2D eigenvalue weighted by molar-refractivity contribution is -0.143. The summed E-state index contributed by atoms with van der Waals surface area (Å²) in [5, 5.41) is 11.8. The number of hydrogen-bond acceptors (Lipinski definition) is 4. The number of benzene rings is 1. The highest BCUT2D eigenvalue weighted by molar-refractivity contribution is 9.10. The van der Waals surface area contributed by atoms with Crippen LogP contribution in [0, 0.1) is 17.2 Å². The average molecular weight is 327 g/mol. The highest BCUT2D eigenvalue weighted by atomic mass is 79.9. The predicted octanol–water partition coefficient (Wildman–Crippen LogP) is 2.89. The summed E-state index contributed by atoms with van der Waals surface area (Å²) in [6.07, 6.45) is 0. The number of rotatable bonds is 4. The number of nitrogens with zero attached hydrogens (tertiary/aromatic N) is 1. The molecular weight excluding hydrogens is 316 g/mol. The van der Waals surface area contributed by atoms with Crippen LogP contribution in [0.15, 0.2) is 28.7 Å². The fourth-order valence-electron chi connectivity index (χ4n) is 1.22. The van der Waals surface area contributed by atoms with E-state index in [9.17, 15) is 4.79 Å². The van der Waals surface area contributed by atoms with Crippen LogP contribution in [0.4, 0.5) is 5.69 Å². The Morgan fingerprint density at radius 2 is 2.39 bits per heavy atom. The van der Waals surface area contributed by atoms with Crippen LogP contribution in [0.5, 0.6) is 0 Å². The maximum Gasteiger partial charge on any atom is 0.330 e. The highest BCUT2D eigenvalue weighted by Gasteiger charge is 2.24. The van der Waals surface area contributed by atoms with E-state index in [0.717, 1.165) is 4.47 Å². The van der Waals surface area contributed by atoms with Gasteiger partial charge in [0.1, 0.15) is 4.99 Å². The van der Waals surface area contributed by atoms with Crippen molar-refractivity contribution in [1.29, 1.82) is 5.26 Å². The SMILES string of the molecule is CCOC(=O)C(C#N)C(=S)Nc1cccc(Br)c1. The van der Waals surface area contributed by atoms with Gasteiger partial charge in [0, 0.05) is 10.2 Å². The van der Waals surface area contributed by atoms with Gasteiger partial charge in [-0.25, -0.2) is 0 Å². The van der Waals surface area contributed by atoms with E-state index in [1.54, 1.807) is 19.1 Å². The Morgan fingerprint density at radius 1 is 1.67 bits per heavy atom. The average Bonchev–Trinajstić information content (AvgIpc) is 2.30. The Bertz CT molecular complexity index is 499. The van der Waals surface area contributed by atoms with Gasteiger partial charge in [0.05, 0.1) is 12.7 Å². The van der Waals surface area contributed by atoms with Gasteiger partial charge in [-0.1, -0.05) is 34.2 Å². The van der Waals surface area contributed by atoms with Gasteiger partial charge in [-0.2, -0.15) is 5.26 Å². The fraction of sp³-hybridized carbons (Fsp3) is 0.250. The van der Waals surface area contributed by atoms with Crippen molar-refractivity contribution in [3.63, 3.8) is 0 Å². The lowest BCUT2D eigenvalue weighted by atomic mass is 10.1. The summed E-state index contributed by atoms with van der Waals surface area (Å²) in [5.41, 5.74) is 0.707. The number of nitriles is 1. The summed E-state index contributed by atoms with van der Waals surface area (Å²) < 4.78 is 5.65. The zero-order chi connectivity index (χ0) is 13.5. The van der Waals surface area contributed by atoms with Gasteiger partial charge in [-0.05, 0) is 25.1 Å². The number of nitrogens with one attached hydrogen (secondary N) is 1. The van der Waals surface area contributed by atoms with Crippen LogP contribution in [0.25, 0.3) is 0 Å². The van der Waals surface area contributed by atoms with E-state index in [4.69, 9.17) is 22.2 Å². The first-order valence-electron chi connectivity index (χ1n) is 5.21. The predicted molar refractivity (Wildman–Crippen MR) is 76.1 cm³/mol. The molecule has 94 valence electrons. The molecule has 1 aromatic carbocycles. The van der Waals surface area contributed by atoms with E-state index in [1.165, 1.54) is 0 Å². The third-order valence-corrected chi connectivity index (χ3v) is 2.84. The fourth-order valence-corrected chi connectivity index (χ4v) is 1.89. The van der Waals surface area contributed by atoms with E-state index < -0.39 is 11.9 Å². The lowest BCUT2D eigenvalue weighted by Gasteiger charge is -2.12. The number of hydrogen-bond donors (Lipinski definition) is 1. The summed E-state index contributed by atoms with van der Waals surface area (Å²) in [7, 11) is 0. The van der Waals surface area contributed by atoms with Crippen LogP contribution in [0.3, 0.4) is 0 Å². The monoisotopic (exact) mass is 326 g/mol. The smallest absolute Gasteiger partial charge is 0.330 e. The third-order valence-electron chi connectivity index (χ3n) is 2.01. The number of esters is 1. The van der Waals surface area contributed by atoms with Crippen LogP contribution >= 0.6 is 28.1 Å². The van der Waals surface area contributed by atoms with E-state index in [-0.39, 0.29) is 11.6 Å². The van der Waals surface area contributed by atoms with Crippen molar-refractivity contribution in [2.75, 3.05) is 11.9 Å². The molecule has 1 aromatic rings. The standard InChI is InChI=1S/C12H11BrN2O2S/c1-2-17-12(16)10(7-14)11(18)15-9-5-3-4-8(13)6-9/h3-6,10H,2H2,1H3,(H,15,18). The quantitative estimate of drug-likeness (QED) is 0.681. The number of halogens is 1. The van der Waals surface area contributed by atoms with Crippen LogP contribution in [-0.2, 0) is 9.53 Å². The molecule has 0 saturated carbocycles. The summed E-state index contributed by atoms with van der Waals surface area (Å²) in [4.78, 5) is 11.6. The second-order valence-corrected chi connectivity index (χ2v) is 4.67. The lowest BCUT2D eigenvalue weighted by Crippen LogP contribution is -2.28. The van der Waals surface area contributed by atoms with Crippen molar-refractivity contribution in [3.8, 4) is 6.07 Å². The Morgan fingerprint density at radius 3 is 2.94 bits per heavy atom. The van der Waals surface area contributed by atoms with Crippen molar-refractivity contribution in [2.45, 2.75) is 6.92 Å². The van der Waals surface area contributed by atoms with Gasteiger partial charge in [0.15, 0.2) is 5.92 Å². The Balaban J connectivity index is 2.75. The van der Waals surface area contributed by atoms with Gasteiger partial charge in [-0.3, -0.25) is 4.79 Å². The molecule has 0 bridgehead atoms. The van der Waals surface area contributed by atoms with Crippen molar-refractivity contribution in [2.24, 2.45) is 5.92 Å². The second-order valence-electron chi connectivity index (χ2n) is 3.31. The Labute approximate surface area is 119 Å². The van der Waals surface area contributed by atoms with Gasteiger partial charge >= 0.3 is 5.97 Å². The first-order valence-corrected chi connectivity index (χ1v) is 6.41. The first-order chi connectivity index (χ1) is 8.58. The molecule has 0 aliphatic carbocycles. The van der Waals surface area contributed by atoms with Crippen LogP contribution in [-0.4, -0.2) is 17.6 Å². The van der Waals surface area contributed by atoms with Gasteiger partial charge in [-0.15, -0.1) is 0 Å². The number of ether oxygens (including phenoxy) is 1. The summed E-state index contributed by atoms with van der Waals surface area (Å²) in [6.45, 7) is 1.90. The van der Waals surface area contributed by atoms with Crippen LogP contribution in [0.1, 0.15) is 6.92 Å². The minimum atomic E-state index is -1.08. The summed E-state index contributed by atoms with van der Waals surface area (Å²) in [5.74, 6) is -1.72. The molecule has 1 rings (SSSR count). The highest BCUT2D eigenvalue weighted by Crippen LogP contribution is 2.17. The van der Waals surface area contributed by atoms with Crippen LogP contribution in [0.2, 0.25) is 0 Å². The molecule has 0 fully saturated rings. The number of anilines is 1. The molecule has 0 aliphatic heterocycles. The molecule has 1 atom stereocenters. The minimum Gasteiger partial charge on any atom is -0.465 e. The zero-order valence-corrected chi connectivity index (χ0v) is 12.0. The van der Waals surface area contributed by atoms with E-state index in [2.05, 4.69) is 21.2 Å². The summed E-state index contributed by atoms with van der Waals surface area (Å²) in [6, 6.07) is 9.10. The molecule has 1 N–H and O–H groups in total. The molecule has 18 heavy (non-hydrogen) atoms. The van der Waals surface area contributed by atoms with E-state index in [1.807, 2.05) is 18.2 Å². The zero-order valence-electron chi connectivity index (χ0n) is 9.64. The molecule has 0 spiro atoms. The van der Waals surface area contributed by atoms with E-state index >= 15 is 0 Å². The number of thiocarbonyl (C=S) groups is 1. The molecule has 6 heteroatoms. The topological polar surface area (TPSA) is 62.1 Å². The maximum absolute atomic E-state index is 11.5. The van der Waals surface area contributed by atoms with Crippen molar-refractivity contribution < 1.29 is 9.53 Å². The molecule has 0 aromatic heterocycles. The molecule has 4 nitrogen and oxygen atoms in total.